The molecule has 46 heavy (non-hydrogen) atoms. The van der Waals surface area contributed by atoms with Crippen molar-refractivity contribution in [2.75, 3.05) is 57.0 Å². The molecule has 0 saturated carbocycles. The van der Waals surface area contributed by atoms with E-state index in [1.165, 1.54) is 15.8 Å². The number of aromatic nitrogens is 4. The van der Waals surface area contributed by atoms with Crippen molar-refractivity contribution in [1.82, 2.24) is 35.1 Å². The van der Waals surface area contributed by atoms with Gasteiger partial charge in [-0.2, -0.15) is 9.97 Å². The van der Waals surface area contributed by atoms with E-state index in [2.05, 4.69) is 36.2 Å². The van der Waals surface area contributed by atoms with E-state index in [1.807, 2.05) is 30.3 Å². The van der Waals surface area contributed by atoms with Crippen molar-refractivity contribution in [3.05, 3.63) is 42.2 Å². The molecule has 3 amide bonds. The number of nitrogens with zero attached hydrogens (tertiary/aromatic N) is 5. The van der Waals surface area contributed by atoms with Gasteiger partial charge in [0.1, 0.15) is 25.3 Å². The molecule has 0 bridgehead atoms. The number of fused-ring (bicyclic) bond motifs is 1. The minimum atomic E-state index is -0.755. The van der Waals surface area contributed by atoms with E-state index in [0.717, 1.165) is 5.56 Å². The summed E-state index contributed by atoms with van der Waals surface area (Å²) >= 11 is 0. The fourth-order valence-electron chi connectivity index (χ4n) is 4.02. The van der Waals surface area contributed by atoms with Crippen LogP contribution in [0.25, 0.3) is 11.2 Å². The Bertz CT molecular complexity index is 1460. The van der Waals surface area contributed by atoms with Gasteiger partial charge >= 0.3 is 18.2 Å². The van der Waals surface area contributed by atoms with Gasteiger partial charge in [0.25, 0.3) is 0 Å². The number of carbonyl (C=O) groups is 4. The Labute approximate surface area is 267 Å². The van der Waals surface area contributed by atoms with Crippen molar-refractivity contribution in [3.63, 3.8) is 0 Å². The number of nitrogens with one attached hydrogen (secondary N) is 4. The zero-order valence-corrected chi connectivity index (χ0v) is 26.9. The maximum absolute atomic E-state index is 13.3. The number of imidazole rings is 1. The van der Waals surface area contributed by atoms with E-state index in [1.54, 1.807) is 34.7 Å². The Kier molecular flexibility index (Phi) is 13.5. The van der Waals surface area contributed by atoms with Crippen LogP contribution in [0, 0.1) is 0 Å². The number of anilines is 2. The highest BCUT2D eigenvalue weighted by molar-refractivity contribution is 5.94. The van der Waals surface area contributed by atoms with Crippen LogP contribution in [0.4, 0.5) is 21.4 Å². The van der Waals surface area contributed by atoms with Crippen molar-refractivity contribution in [2.45, 2.75) is 52.9 Å². The van der Waals surface area contributed by atoms with Crippen LogP contribution >= 0.6 is 0 Å². The smallest absolute Gasteiger partial charge is 0.413 e. The number of amides is 3. The van der Waals surface area contributed by atoms with Gasteiger partial charge in [0.15, 0.2) is 17.0 Å². The van der Waals surface area contributed by atoms with Gasteiger partial charge in [-0.15, -0.1) is 0 Å². The number of alkyl carbamates (subject to hydrolysis) is 1. The summed E-state index contributed by atoms with van der Waals surface area (Å²) in [5, 5.41) is 11.4. The minimum Gasteiger partial charge on any atom is -0.465 e. The van der Waals surface area contributed by atoms with Crippen molar-refractivity contribution in [1.29, 1.82) is 0 Å². The van der Waals surface area contributed by atoms with E-state index in [-0.39, 0.29) is 61.7 Å². The Morgan fingerprint density at radius 1 is 0.978 bits per heavy atom. The summed E-state index contributed by atoms with van der Waals surface area (Å²) in [6.45, 7) is 8.33. The average molecular weight is 642 g/mol. The highest BCUT2D eigenvalue weighted by atomic mass is 16.6. The Hall–Kier alpha value is -4.99. The molecule has 2 aromatic heterocycles. The van der Waals surface area contributed by atoms with E-state index in [4.69, 9.17) is 14.2 Å². The first kappa shape index (κ1) is 35.5. The zero-order chi connectivity index (χ0) is 33.5. The quantitative estimate of drug-likeness (QED) is 0.102. The molecule has 16 heteroatoms. The Morgan fingerprint density at radius 2 is 1.74 bits per heavy atom. The lowest BCUT2D eigenvalue weighted by molar-refractivity contribution is -0.149. The molecule has 0 atom stereocenters. The molecule has 3 aromatic rings. The molecule has 0 fully saturated rings. The van der Waals surface area contributed by atoms with Crippen LogP contribution in [-0.4, -0.2) is 100 Å². The van der Waals surface area contributed by atoms with Crippen molar-refractivity contribution in [2.24, 2.45) is 0 Å². The van der Waals surface area contributed by atoms with Gasteiger partial charge in [0, 0.05) is 26.2 Å². The van der Waals surface area contributed by atoms with E-state index in [0.29, 0.717) is 26.1 Å². The number of hydrogen-bond donors (Lipinski definition) is 4. The molecular formula is C30H43N9O7. The highest BCUT2D eigenvalue weighted by Gasteiger charge is 2.22. The number of ether oxygens (including phenoxy) is 3. The standard InChI is InChI=1S/C30H43N9O7/c1-6-44-23(41)18-38(16-15-31-5)22(40)17-39-20-34-24-25(36-29(43)45-19-21-11-8-7-9-12-21)35-27(37-26(24)39)32-13-10-14-33-28(42)46-30(2,3)4/h7-9,11-12,20,31H,6,10,13-19H2,1-5H3,(H,33,42)(H2,32,35,36,37,43). The molecule has 0 aliphatic heterocycles. The second-order valence-corrected chi connectivity index (χ2v) is 11.1. The first-order valence-corrected chi connectivity index (χ1v) is 15.0. The largest absolute Gasteiger partial charge is 0.465 e. The maximum atomic E-state index is 13.3. The molecule has 2 heterocycles. The van der Waals surface area contributed by atoms with E-state index >= 15 is 0 Å². The molecule has 16 nitrogen and oxygen atoms in total. The normalized spacial score (nSPS) is 11.1. The minimum absolute atomic E-state index is 0.0442. The van der Waals surface area contributed by atoms with Crippen molar-refractivity contribution in [3.8, 4) is 0 Å². The van der Waals surface area contributed by atoms with Gasteiger partial charge in [0.2, 0.25) is 11.9 Å². The number of benzene rings is 1. The fourth-order valence-corrected chi connectivity index (χ4v) is 4.02. The van der Waals surface area contributed by atoms with Crippen LogP contribution in [0.15, 0.2) is 36.7 Å². The van der Waals surface area contributed by atoms with Crippen molar-refractivity contribution >= 4 is 47.0 Å². The molecule has 0 unspecified atom stereocenters. The number of esters is 1. The molecule has 4 N–H and O–H groups in total. The predicted octanol–water partition coefficient (Wildman–Crippen LogP) is 2.51. The fraction of sp³-hybridized carbons (Fsp3) is 0.500. The third-order valence-corrected chi connectivity index (χ3v) is 6.12. The summed E-state index contributed by atoms with van der Waals surface area (Å²) in [4.78, 5) is 64.8. The molecule has 1 aromatic carbocycles. The van der Waals surface area contributed by atoms with Crippen molar-refractivity contribution < 1.29 is 33.4 Å². The van der Waals surface area contributed by atoms with Gasteiger partial charge in [-0.25, -0.2) is 14.6 Å². The maximum Gasteiger partial charge on any atom is 0.413 e. The van der Waals surface area contributed by atoms with Crippen LogP contribution in [0.1, 0.15) is 39.7 Å². The topological polar surface area (TPSA) is 191 Å². The van der Waals surface area contributed by atoms with Crippen LogP contribution in [0.5, 0.6) is 0 Å². The average Bonchev–Trinajstić information content (AvgIpc) is 3.40. The molecule has 0 saturated heterocycles. The summed E-state index contributed by atoms with van der Waals surface area (Å²) in [6.07, 6.45) is 0.641. The predicted molar refractivity (Wildman–Crippen MR) is 170 cm³/mol. The third kappa shape index (κ3) is 11.8. The number of rotatable bonds is 16. The second-order valence-electron chi connectivity index (χ2n) is 11.1. The van der Waals surface area contributed by atoms with Crippen LogP contribution in [0.3, 0.4) is 0 Å². The van der Waals surface area contributed by atoms with Gasteiger partial charge in [-0.3, -0.25) is 14.9 Å². The number of carbonyl (C=O) groups excluding carboxylic acids is 4. The van der Waals surface area contributed by atoms with Crippen LogP contribution < -0.4 is 21.3 Å². The van der Waals surface area contributed by atoms with E-state index < -0.39 is 23.8 Å². The van der Waals surface area contributed by atoms with Crippen LogP contribution in [0.2, 0.25) is 0 Å². The first-order valence-electron chi connectivity index (χ1n) is 15.0. The summed E-state index contributed by atoms with van der Waals surface area (Å²) in [7, 11) is 1.74. The van der Waals surface area contributed by atoms with Gasteiger partial charge in [0.05, 0.1) is 12.9 Å². The van der Waals surface area contributed by atoms with Gasteiger partial charge < -0.3 is 39.6 Å². The molecule has 0 aliphatic rings. The molecule has 3 rings (SSSR count). The lowest BCUT2D eigenvalue weighted by atomic mass is 10.2. The lowest BCUT2D eigenvalue weighted by Crippen LogP contribution is -2.41. The number of likely N-dealkylation sites (N-methyl/N-ethyl adjacent to an activating group) is 1. The summed E-state index contributed by atoms with van der Waals surface area (Å²) < 4.78 is 17.1. The summed E-state index contributed by atoms with van der Waals surface area (Å²) in [5.74, 6) is -0.656. The third-order valence-electron chi connectivity index (χ3n) is 6.12. The first-order chi connectivity index (χ1) is 22.0. The molecule has 250 valence electrons. The van der Waals surface area contributed by atoms with Crippen LogP contribution in [-0.2, 0) is 37.0 Å². The molecule has 0 aliphatic carbocycles. The molecule has 0 spiro atoms. The SMILES string of the molecule is CCOC(=O)CN(CCNC)C(=O)Cn1cnc2c(NC(=O)OCc3ccccc3)nc(NCCCNC(=O)OC(C)(C)C)nc21. The monoisotopic (exact) mass is 641 g/mol. The second kappa shape index (κ2) is 17.5. The zero-order valence-electron chi connectivity index (χ0n) is 26.9. The molecule has 0 radical (unpaired) electrons. The summed E-state index contributed by atoms with van der Waals surface area (Å²) in [6, 6.07) is 9.20. The van der Waals surface area contributed by atoms with E-state index in [9.17, 15) is 19.2 Å². The Balaban J connectivity index is 1.78. The molecular weight excluding hydrogens is 598 g/mol. The number of hydrogen-bond acceptors (Lipinski definition) is 12. The van der Waals surface area contributed by atoms with Gasteiger partial charge in [-0.1, -0.05) is 30.3 Å². The summed E-state index contributed by atoms with van der Waals surface area (Å²) in [5.41, 5.74) is 0.695. The highest BCUT2D eigenvalue weighted by Crippen LogP contribution is 2.22. The van der Waals surface area contributed by atoms with Gasteiger partial charge in [-0.05, 0) is 46.7 Å². The Morgan fingerprint density at radius 3 is 2.43 bits per heavy atom. The lowest BCUT2D eigenvalue weighted by Gasteiger charge is -2.22.